The third-order valence-corrected chi connectivity index (χ3v) is 11.4. The molecule has 0 saturated heterocycles. The van der Waals surface area contributed by atoms with Crippen LogP contribution in [0.4, 0.5) is 0 Å². The first-order valence-electron chi connectivity index (χ1n) is 22.7. The monoisotopic (exact) mass is 1030 g/mol. The number of hydrogen-bond acceptors (Lipinski definition) is 8. The summed E-state index contributed by atoms with van der Waals surface area (Å²) in [4.78, 5) is 8.71. The van der Waals surface area contributed by atoms with Gasteiger partial charge in [0.1, 0.15) is 0 Å². The van der Waals surface area contributed by atoms with E-state index in [1.54, 1.807) is 0 Å². The molecule has 0 aliphatic heterocycles. The van der Waals surface area contributed by atoms with Crippen molar-refractivity contribution in [2.75, 3.05) is 52.4 Å². The Hall–Kier alpha value is 1.13. The summed E-state index contributed by atoms with van der Waals surface area (Å²) in [6.07, 6.45) is 30.1. The van der Waals surface area contributed by atoms with Crippen LogP contribution in [0.1, 0.15) is 209 Å². The van der Waals surface area contributed by atoms with Crippen LogP contribution in [0.3, 0.4) is 0 Å². The topological polar surface area (TPSA) is 13.0 Å². The zero-order valence-electron chi connectivity index (χ0n) is 38.1. The molecule has 4 nitrogen and oxygen atoms in total. The minimum absolute atomic E-state index is 0. The van der Waals surface area contributed by atoms with Crippen molar-refractivity contribution in [2.24, 2.45) is 0 Å². The average Bonchev–Trinajstić information content (AvgIpc) is 3.16. The van der Waals surface area contributed by atoms with Gasteiger partial charge in [0.25, 0.3) is 0 Å². The summed E-state index contributed by atoms with van der Waals surface area (Å²) in [6.45, 7) is 26.2. The zero-order valence-corrected chi connectivity index (χ0v) is 46.6. The van der Waals surface area contributed by atoms with Crippen molar-refractivity contribution in [3.05, 3.63) is 0 Å². The standard InChI is InChI=1S/4C11H23NS2.Mo/c4*1-3-5-7-9-12(11(13)14)10-8-6-4-2;/h4*3-10H2,1-2H3,(H,13,14);/q;;;;+4/p-4. The van der Waals surface area contributed by atoms with Crippen LogP contribution in [0.15, 0.2) is 0 Å². The molecule has 0 aromatic carbocycles. The maximum Gasteiger partial charge on any atom is 4.00 e. The molecule has 0 aliphatic rings. The second-order valence-electron chi connectivity index (χ2n) is 14.7. The Labute approximate surface area is 415 Å². The molecule has 0 saturated carbocycles. The first-order chi connectivity index (χ1) is 26.9. The smallest absolute Gasteiger partial charge is 0.411 e. The van der Waals surface area contributed by atoms with Gasteiger partial charge in [0.05, 0.1) is 0 Å². The van der Waals surface area contributed by atoms with Crippen LogP contribution in [0.5, 0.6) is 0 Å². The summed E-state index contributed by atoms with van der Waals surface area (Å²) < 4.78 is 2.60. The van der Waals surface area contributed by atoms with Gasteiger partial charge in [-0.15, -0.1) is 0 Å². The van der Waals surface area contributed by atoms with Crippen LogP contribution < -0.4 is 0 Å². The van der Waals surface area contributed by atoms with Gasteiger partial charge in [0, 0.05) is 52.4 Å². The largest absolute Gasteiger partial charge is 4.00 e. The van der Waals surface area contributed by atoms with Crippen molar-refractivity contribution >= 4 is 117 Å². The van der Waals surface area contributed by atoms with Gasteiger partial charge in [0.15, 0.2) is 0 Å². The Morgan fingerprint density at radius 1 is 0.263 bits per heavy atom. The predicted octanol–water partition coefficient (Wildman–Crippen LogP) is 14.0. The van der Waals surface area contributed by atoms with Gasteiger partial charge in [-0.05, 0) is 51.4 Å². The summed E-state index contributed by atoms with van der Waals surface area (Å²) >= 11 is 40.5. The molecular weight excluding hydrogens is 937 g/mol. The van der Waals surface area contributed by atoms with E-state index in [0.29, 0.717) is 17.3 Å². The Balaban J connectivity index is -0.000000210. The van der Waals surface area contributed by atoms with Gasteiger partial charge >= 0.3 is 21.1 Å². The summed E-state index contributed by atoms with van der Waals surface area (Å²) in [6, 6.07) is 0. The first kappa shape index (κ1) is 67.2. The fourth-order valence-electron chi connectivity index (χ4n) is 5.60. The van der Waals surface area contributed by atoms with E-state index in [1.165, 1.54) is 154 Å². The van der Waals surface area contributed by atoms with E-state index in [0.717, 1.165) is 52.4 Å². The van der Waals surface area contributed by atoms with Gasteiger partial charge in [-0.25, -0.2) is 0 Å². The fourth-order valence-corrected chi connectivity index (χ4v) is 7.06. The van der Waals surface area contributed by atoms with Gasteiger partial charge < -0.3 is 119 Å². The Morgan fingerprint density at radius 2 is 0.368 bits per heavy atom. The zero-order chi connectivity index (χ0) is 43.2. The molecule has 57 heavy (non-hydrogen) atoms. The molecule has 0 rings (SSSR count). The molecular formula is C44H88MoN4S8. The first-order valence-corrected chi connectivity index (χ1v) is 26.0. The molecule has 338 valence electrons. The van der Waals surface area contributed by atoms with Crippen LogP contribution in [0.25, 0.3) is 0 Å². The molecule has 0 radical (unpaired) electrons. The molecule has 0 aromatic rings. The third kappa shape index (κ3) is 53.2. The van der Waals surface area contributed by atoms with E-state index >= 15 is 0 Å². The van der Waals surface area contributed by atoms with E-state index in [-0.39, 0.29) is 21.1 Å². The molecule has 0 aliphatic carbocycles. The minimum atomic E-state index is 0. The summed E-state index contributed by atoms with van der Waals surface area (Å²) in [5.41, 5.74) is 0. The third-order valence-electron chi connectivity index (χ3n) is 9.29. The average molecular weight is 1030 g/mol. The molecule has 0 bridgehead atoms. The molecule has 0 spiro atoms. The van der Waals surface area contributed by atoms with Gasteiger partial charge in [-0.3, -0.25) is 0 Å². The molecule has 0 amide bonds. The van der Waals surface area contributed by atoms with Crippen molar-refractivity contribution in [1.82, 2.24) is 19.6 Å². The maximum atomic E-state index is 5.06. The van der Waals surface area contributed by atoms with Crippen molar-refractivity contribution in [3.8, 4) is 0 Å². The Bertz CT molecular complexity index is 696. The normalized spacial score (nSPS) is 9.96. The van der Waals surface area contributed by atoms with Crippen LogP contribution in [0.2, 0.25) is 0 Å². The Morgan fingerprint density at radius 3 is 0.439 bits per heavy atom. The summed E-state index contributed by atoms with van der Waals surface area (Å²) in [5, 5.41) is 0. The van der Waals surface area contributed by atoms with E-state index < -0.39 is 0 Å². The molecule has 0 heterocycles. The SMILES string of the molecule is CCCCCN(CCCCC)C(=S)[S-].CCCCCN(CCCCC)C(=S)[S-].CCCCCN(CCCCC)C(=S)[S-].CCCCCN(CCCCC)C(=S)[S-].[Mo+4]. The van der Waals surface area contributed by atoms with Gasteiger partial charge in [-0.2, -0.15) is 0 Å². The Kier molecular flexibility index (Phi) is 65.0. The van der Waals surface area contributed by atoms with E-state index in [1.807, 2.05) is 0 Å². The molecule has 13 heteroatoms. The van der Waals surface area contributed by atoms with Crippen LogP contribution in [0, 0.1) is 0 Å². The molecule has 0 fully saturated rings. The van der Waals surface area contributed by atoms with Gasteiger partial charge in [0.2, 0.25) is 0 Å². The fraction of sp³-hybridized carbons (Fsp3) is 0.909. The number of hydrogen-bond donors (Lipinski definition) is 0. The van der Waals surface area contributed by atoms with Crippen molar-refractivity contribution in [2.45, 2.75) is 209 Å². The summed E-state index contributed by atoms with van der Waals surface area (Å²) in [7, 11) is 0. The van der Waals surface area contributed by atoms with Crippen LogP contribution in [-0.4, -0.2) is 89.2 Å². The second kappa shape index (κ2) is 55.1. The number of thiocarbonyl (C=S) groups is 4. The quantitative estimate of drug-likeness (QED) is 0.0276. The molecule has 0 N–H and O–H groups in total. The summed E-state index contributed by atoms with van der Waals surface area (Å²) in [5.74, 6) is 0. The molecule has 0 unspecified atom stereocenters. The maximum absolute atomic E-state index is 5.06. The number of rotatable bonds is 32. The molecule has 0 aromatic heterocycles. The van der Waals surface area contributed by atoms with Crippen molar-refractivity contribution in [3.63, 3.8) is 0 Å². The van der Waals surface area contributed by atoms with E-state index in [9.17, 15) is 0 Å². The van der Waals surface area contributed by atoms with Crippen molar-refractivity contribution < 1.29 is 21.1 Å². The number of nitrogens with zero attached hydrogens (tertiary/aromatic N) is 4. The van der Waals surface area contributed by atoms with Crippen LogP contribution >= 0.6 is 48.9 Å². The van der Waals surface area contributed by atoms with E-state index in [2.05, 4.69) is 75.0 Å². The van der Waals surface area contributed by atoms with E-state index in [4.69, 9.17) is 99.4 Å². The van der Waals surface area contributed by atoms with Crippen LogP contribution in [-0.2, 0) is 71.6 Å². The molecule has 0 atom stereocenters. The van der Waals surface area contributed by atoms with Gasteiger partial charge in [-0.1, -0.05) is 175 Å². The minimum Gasteiger partial charge on any atom is -0.411 e. The number of unbranched alkanes of at least 4 members (excludes halogenated alkanes) is 16. The van der Waals surface area contributed by atoms with Crippen molar-refractivity contribution in [1.29, 1.82) is 0 Å². The second-order valence-corrected chi connectivity index (χ2v) is 18.8. The predicted molar refractivity (Wildman–Crippen MR) is 282 cm³/mol.